The molecule has 114 valence electrons. The number of carboxylic acid groups (broad SMARTS) is 1. The van der Waals surface area contributed by atoms with Crippen LogP contribution in [0.5, 0.6) is 0 Å². The Morgan fingerprint density at radius 3 is 2.29 bits per heavy atom. The zero-order valence-corrected chi connectivity index (χ0v) is 13.3. The maximum Gasteiger partial charge on any atom is 0.404 e. The summed E-state index contributed by atoms with van der Waals surface area (Å²) in [6.07, 6.45) is -1.19. The SMILES string of the molecule is CC(NC(=O)O)C(C)C(=O)NCC(=O)c1ccc(Br)cc1. The Labute approximate surface area is 131 Å². The highest BCUT2D eigenvalue weighted by Crippen LogP contribution is 2.11. The zero-order valence-electron chi connectivity index (χ0n) is 11.7. The molecule has 0 fully saturated rings. The van der Waals surface area contributed by atoms with Crippen LogP contribution in [0.25, 0.3) is 0 Å². The van der Waals surface area contributed by atoms with E-state index in [1.54, 1.807) is 38.1 Å². The van der Waals surface area contributed by atoms with Crippen LogP contribution in [-0.2, 0) is 4.79 Å². The lowest BCUT2D eigenvalue weighted by Gasteiger charge is -2.19. The number of nitrogens with one attached hydrogen (secondary N) is 2. The average Bonchev–Trinajstić information content (AvgIpc) is 2.43. The second kappa shape index (κ2) is 7.78. The van der Waals surface area contributed by atoms with E-state index in [9.17, 15) is 14.4 Å². The Morgan fingerprint density at radius 1 is 1.19 bits per heavy atom. The smallest absolute Gasteiger partial charge is 0.404 e. The molecule has 7 heteroatoms. The molecule has 2 atom stereocenters. The van der Waals surface area contributed by atoms with Crippen LogP contribution in [0, 0.1) is 5.92 Å². The van der Waals surface area contributed by atoms with Gasteiger partial charge >= 0.3 is 6.09 Å². The Hall–Kier alpha value is -1.89. The van der Waals surface area contributed by atoms with E-state index in [0.717, 1.165) is 4.47 Å². The summed E-state index contributed by atoms with van der Waals surface area (Å²) in [5.41, 5.74) is 0.503. The molecule has 0 aliphatic rings. The molecule has 0 spiro atoms. The summed E-state index contributed by atoms with van der Waals surface area (Å²) in [5, 5.41) is 13.3. The number of amides is 2. The largest absolute Gasteiger partial charge is 0.465 e. The third-order valence-electron chi connectivity index (χ3n) is 3.10. The molecule has 3 N–H and O–H groups in total. The second-order valence-electron chi connectivity index (χ2n) is 4.67. The van der Waals surface area contributed by atoms with E-state index in [1.165, 1.54) is 0 Å². The maximum absolute atomic E-state index is 11.9. The minimum absolute atomic E-state index is 0.120. The molecule has 0 aliphatic carbocycles. The number of carbonyl (C=O) groups excluding carboxylic acids is 2. The van der Waals surface area contributed by atoms with Gasteiger partial charge < -0.3 is 15.7 Å². The van der Waals surface area contributed by atoms with Gasteiger partial charge in [0.05, 0.1) is 12.5 Å². The lowest BCUT2D eigenvalue weighted by molar-refractivity contribution is -0.124. The summed E-state index contributed by atoms with van der Waals surface area (Å²) in [4.78, 5) is 34.3. The van der Waals surface area contributed by atoms with Crippen molar-refractivity contribution in [3.8, 4) is 0 Å². The fourth-order valence-electron chi connectivity index (χ4n) is 1.61. The first kappa shape index (κ1) is 17.2. The van der Waals surface area contributed by atoms with Gasteiger partial charge in [-0.2, -0.15) is 0 Å². The molecule has 0 aromatic heterocycles. The molecular formula is C14H17BrN2O4. The molecule has 0 bridgehead atoms. The quantitative estimate of drug-likeness (QED) is 0.679. The van der Waals surface area contributed by atoms with Gasteiger partial charge in [0.25, 0.3) is 0 Å². The second-order valence-corrected chi connectivity index (χ2v) is 5.59. The Bertz CT molecular complexity index is 530. The van der Waals surface area contributed by atoms with Gasteiger partial charge in [0, 0.05) is 16.1 Å². The summed E-state index contributed by atoms with van der Waals surface area (Å²) in [6.45, 7) is 3.07. The van der Waals surface area contributed by atoms with Crippen molar-refractivity contribution in [2.75, 3.05) is 6.54 Å². The first-order valence-corrected chi connectivity index (χ1v) is 7.16. The van der Waals surface area contributed by atoms with Crippen molar-refractivity contribution >= 4 is 33.7 Å². The average molecular weight is 357 g/mol. The standard InChI is InChI=1S/C14H17BrN2O4/c1-8(9(2)17-14(20)21)13(19)16-7-12(18)10-3-5-11(15)6-4-10/h3-6,8-9,17H,7H2,1-2H3,(H,16,19)(H,20,21). The number of hydrogen-bond acceptors (Lipinski definition) is 3. The van der Waals surface area contributed by atoms with E-state index < -0.39 is 18.1 Å². The van der Waals surface area contributed by atoms with Crippen molar-refractivity contribution < 1.29 is 19.5 Å². The predicted molar refractivity (Wildman–Crippen MR) is 81.3 cm³/mol. The number of carbonyl (C=O) groups is 3. The predicted octanol–water partition coefficient (Wildman–Crippen LogP) is 2.04. The van der Waals surface area contributed by atoms with Crippen LogP contribution >= 0.6 is 15.9 Å². The van der Waals surface area contributed by atoms with Crippen LogP contribution in [-0.4, -0.2) is 35.5 Å². The van der Waals surface area contributed by atoms with Gasteiger partial charge in [-0.05, 0) is 19.1 Å². The van der Waals surface area contributed by atoms with Crippen LogP contribution in [0.4, 0.5) is 4.79 Å². The van der Waals surface area contributed by atoms with Gasteiger partial charge in [-0.25, -0.2) is 4.79 Å². The van der Waals surface area contributed by atoms with Gasteiger partial charge in [0.2, 0.25) is 5.91 Å². The molecule has 6 nitrogen and oxygen atoms in total. The molecule has 0 heterocycles. The third-order valence-corrected chi connectivity index (χ3v) is 3.63. The Morgan fingerprint density at radius 2 is 1.76 bits per heavy atom. The van der Waals surface area contributed by atoms with Crippen molar-refractivity contribution in [3.05, 3.63) is 34.3 Å². The number of hydrogen-bond donors (Lipinski definition) is 3. The Kier molecular flexibility index (Phi) is 6.36. The lowest BCUT2D eigenvalue weighted by Crippen LogP contribution is -2.44. The zero-order chi connectivity index (χ0) is 16.0. The normalized spacial score (nSPS) is 13.1. The van der Waals surface area contributed by atoms with E-state index in [-0.39, 0.29) is 18.2 Å². The molecule has 2 unspecified atom stereocenters. The molecule has 21 heavy (non-hydrogen) atoms. The molecule has 2 amide bonds. The summed E-state index contributed by atoms with van der Waals surface area (Å²) < 4.78 is 0.866. The summed E-state index contributed by atoms with van der Waals surface area (Å²) >= 11 is 3.28. The number of rotatable bonds is 6. The molecular weight excluding hydrogens is 340 g/mol. The third kappa shape index (κ3) is 5.55. The summed E-state index contributed by atoms with van der Waals surface area (Å²) in [7, 11) is 0. The van der Waals surface area contributed by atoms with Gasteiger partial charge in [-0.15, -0.1) is 0 Å². The van der Waals surface area contributed by atoms with Crippen LogP contribution in [0.3, 0.4) is 0 Å². The van der Waals surface area contributed by atoms with E-state index in [1.807, 2.05) is 0 Å². The fraction of sp³-hybridized carbons (Fsp3) is 0.357. The molecule has 0 saturated heterocycles. The van der Waals surface area contributed by atoms with Crippen molar-refractivity contribution in [1.82, 2.24) is 10.6 Å². The van der Waals surface area contributed by atoms with Crippen LogP contribution in [0.15, 0.2) is 28.7 Å². The number of Topliss-reactive ketones (excluding diaryl/α,β-unsaturated/α-hetero) is 1. The minimum Gasteiger partial charge on any atom is -0.465 e. The molecule has 1 aromatic rings. The lowest BCUT2D eigenvalue weighted by atomic mass is 10.0. The first-order valence-electron chi connectivity index (χ1n) is 6.37. The van der Waals surface area contributed by atoms with Crippen molar-refractivity contribution in [2.24, 2.45) is 5.92 Å². The van der Waals surface area contributed by atoms with Crippen LogP contribution in [0.1, 0.15) is 24.2 Å². The van der Waals surface area contributed by atoms with E-state index >= 15 is 0 Å². The van der Waals surface area contributed by atoms with Gasteiger partial charge in [0.1, 0.15) is 0 Å². The van der Waals surface area contributed by atoms with Crippen LogP contribution < -0.4 is 10.6 Å². The summed E-state index contributed by atoms with van der Waals surface area (Å²) in [5.74, 6) is -1.15. The van der Waals surface area contributed by atoms with Crippen molar-refractivity contribution in [2.45, 2.75) is 19.9 Å². The molecule has 1 rings (SSSR count). The molecule has 0 aliphatic heterocycles. The number of halogens is 1. The Balaban J connectivity index is 2.50. The van der Waals surface area contributed by atoms with E-state index in [4.69, 9.17) is 5.11 Å². The maximum atomic E-state index is 11.9. The van der Waals surface area contributed by atoms with E-state index in [2.05, 4.69) is 26.6 Å². The molecule has 0 saturated carbocycles. The van der Waals surface area contributed by atoms with Crippen molar-refractivity contribution in [3.63, 3.8) is 0 Å². The topological polar surface area (TPSA) is 95.5 Å². The highest BCUT2D eigenvalue weighted by Gasteiger charge is 2.22. The fourth-order valence-corrected chi connectivity index (χ4v) is 1.88. The van der Waals surface area contributed by atoms with Gasteiger partial charge in [-0.3, -0.25) is 9.59 Å². The van der Waals surface area contributed by atoms with Crippen molar-refractivity contribution in [1.29, 1.82) is 0 Å². The van der Waals surface area contributed by atoms with Gasteiger partial charge in [-0.1, -0.05) is 35.0 Å². The highest BCUT2D eigenvalue weighted by molar-refractivity contribution is 9.10. The molecule has 1 aromatic carbocycles. The number of benzene rings is 1. The highest BCUT2D eigenvalue weighted by atomic mass is 79.9. The van der Waals surface area contributed by atoms with Gasteiger partial charge in [0.15, 0.2) is 5.78 Å². The number of ketones is 1. The van der Waals surface area contributed by atoms with E-state index in [0.29, 0.717) is 5.56 Å². The first-order chi connectivity index (χ1) is 9.81. The monoisotopic (exact) mass is 356 g/mol. The minimum atomic E-state index is -1.19. The van der Waals surface area contributed by atoms with Crippen LogP contribution in [0.2, 0.25) is 0 Å². The molecule has 0 radical (unpaired) electrons. The summed E-state index contributed by atoms with van der Waals surface area (Å²) in [6, 6.07) is 6.28.